The summed E-state index contributed by atoms with van der Waals surface area (Å²) in [5.74, 6) is -0.270. The van der Waals surface area contributed by atoms with Gasteiger partial charge >= 0.3 is 6.18 Å². The van der Waals surface area contributed by atoms with Crippen LogP contribution in [0.25, 0.3) is 0 Å². The van der Waals surface area contributed by atoms with E-state index in [4.69, 9.17) is 9.29 Å². The summed E-state index contributed by atoms with van der Waals surface area (Å²) in [6.45, 7) is -0.442. The van der Waals surface area contributed by atoms with E-state index in [9.17, 15) is 26.7 Å². The zero-order valence-corrected chi connectivity index (χ0v) is 11.0. The van der Waals surface area contributed by atoms with Crippen molar-refractivity contribution in [1.29, 1.82) is 0 Å². The lowest BCUT2D eigenvalue weighted by Gasteiger charge is -2.09. The molecule has 0 aliphatic carbocycles. The van der Waals surface area contributed by atoms with E-state index in [0.717, 1.165) is 18.2 Å². The Balaban J connectivity index is 2.56. The summed E-state index contributed by atoms with van der Waals surface area (Å²) >= 11 is 0. The Labute approximate surface area is 113 Å². The molecule has 0 saturated carbocycles. The zero-order chi connectivity index (χ0) is 15.4. The van der Waals surface area contributed by atoms with E-state index in [1.165, 1.54) is 0 Å². The van der Waals surface area contributed by atoms with Gasteiger partial charge in [-0.3, -0.25) is 4.55 Å². The standard InChI is InChI=1S/C11H13F3O5S/c12-11(13,14)4-1-5-19-7-8-6-9(20(16,17)18)2-3-10(8)15/h2-3,6,15H,1,4-5,7H2,(H,16,17,18). The second-order valence-corrected chi connectivity index (χ2v) is 5.46. The molecule has 9 heteroatoms. The smallest absolute Gasteiger partial charge is 0.389 e. The summed E-state index contributed by atoms with van der Waals surface area (Å²) in [5.41, 5.74) is 0.0622. The van der Waals surface area contributed by atoms with E-state index in [1.807, 2.05) is 0 Å². The molecule has 2 N–H and O–H groups in total. The van der Waals surface area contributed by atoms with Crippen LogP contribution in [0.3, 0.4) is 0 Å². The van der Waals surface area contributed by atoms with Gasteiger partial charge in [0.2, 0.25) is 0 Å². The summed E-state index contributed by atoms with van der Waals surface area (Å²) in [4.78, 5) is -0.427. The largest absolute Gasteiger partial charge is 0.508 e. The van der Waals surface area contributed by atoms with E-state index in [-0.39, 0.29) is 30.9 Å². The quantitative estimate of drug-likeness (QED) is 0.622. The maximum atomic E-state index is 11.9. The van der Waals surface area contributed by atoms with E-state index < -0.39 is 27.6 Å². The minimum atomic E-state index is -4.41. The molecular weight excluding hydrogens is 301 g/mol. The van der Waals surface area contributed by atoms with Gasteiger partial charge in [-0.25, -0.2) is 0 Å². The Morgan fingerprint density at radius 3 is 2.45 bits per heavy atom. The molecule has 0 radical (unpaired) electrons. The van der Waals surface area contributed by atoms with Crippen molar-refractivity contribution in [2.75, 3.05) is 6.61 Å². The highest BCUT2D eigenvalue weighted by Gasteiger charge is 2.25. The van der Waals surface area contributed by atoms with Crippen molar-refractivity contribution in [3.8, 4) is 5.75 Å². The first-order valence-corrected chi connectivity index (χ1v) is 6.97. The maximum absolute atomic E-state index is 11.9. The third-order valence-electron chi connectivity index (χ3n) is 2.36. The summed E-state index contributed by atoms with van der Waals surface area (Å²) in [6, 6.07) is 3.05. The lowest BCUT2D eigenvalue weighted by Crippen LogP contribution is -2.09. The molecule has 0 saturated heterocycles. The summed E-state index contributed by atoms with van der Waals surface area (Å²) in [6.07, 6.45) is -5.47. The van der Waals surface area contributed by atoms with Gasteiger partial charge in [0.15, 0.2) is 0 Å². The summed E-state index contributed by atoms with van der Waals surface area (Å²) in [5, 5.41) is 9.45. The molecule has 1 aromatic rings. The van der Waals surface area contributed by atoms with Gasteiger partial charge in [-0.2, -0.15) is 21.6 Å². The highest BCUT2D eigenvalue weighted by Crippen LogP contribution is 2.23. The fourth-order valence-corrected chi connectivity index (χ4v) is 1.93. The van der Waals surface area contributed by atoms with E-state index >= 15 is 0 Å². The molecule has 0 bridgehead atoms. The Morgan fingerprint density at radius 1 is 1.25 bits per heavy atom. The lowest BCUT2D eigenvalue weighted by atomic mass is 10.2. The van der Waals surface area contributed by atoms with Gasteiger partial charge in [-0.05, 0) is 24.6 Å². The first-order chi connectivity index (χ1) is 9.09. The van der Waals surface area contributed by atoms with Crippen molar-refractivity contribution in [2.24, 2.45) is 0 Å². The third kappa shape index (κ3) is 5.76. The van der Waals surface area contributed by atoms with Crippen LogP contribution >= 0.6 is 0 Å². The van der Waals surface area contributed by atoms with Crippen LogP contribution in [-0.2, 0) is 21.5 Å². The van der Waals surface area contributed by atoms with Crippen LogP contribution in [0, 0.1) is 0 Å². The number of halogens is 3. The lowest BCUT2D eigenvalue weighted by molar-refractivity contribution is -0.138. The van der Waals surface area contributed by atoms with E-state index in [0.29, 0.717) is 0 Å². The third-order valence-corrected chi connectivity index (χ3v) is 3.20. The molecule has 0 heterocycles. The van der Waals surface area contributed by atoms with E-state index in [1.54, 1.807) is 0 Å². The average molecular weight is 314 g/mol. The van der Waals surface area contributed by atoms with Gasteiger partial charge < -0.3 is 9.84 Å². The Kier molecular flexibility index (Phi) is 5.37. The Morgan fingerprint density at radius 2 is 1.90 bits per heavy atom. The number of alkyl halides is 3. The van der Waals surface area contributed by atoms with Gasteiger partial charge in [0.05, 0.1) is 11.5 Å². The molecular formula is C11H13F3O5S. The van der Waals surface area contributed by atoms with Crippen LogP contribution in [0.5, 0.6) is 5.75 Å². The van der Waals surface area contributed by atoms with Crippen LogP contribution in [0.2, 0.25) is 0 Å². The molecule has 5 nitrogen and oxygen atoms in total. The molecule has 1 aromatic carbocycles. The highest BCUT2D eigenvalue weighted by molar-refractivity contribution is 7.85. The molecule has 0 atom stereocenters. The van der Waals surface area contributed by atoms with Gasteiger partial charge in [0.1, 0.15) is 5.75 Å². The SMILES string of the molecule is O=S(=O)(O)c1ccc(O)c(COCCCC(F)(F)F)c1. The molecule has 0 aliphatic rings. The summed E-state index contributed by atoms with van der Waals surface area (Å²) < 4.78 is 71.1. The number of phenols is 1. The second kappa shape index (κ2) is 6.42. The Hall–Kier alpha value is -1.32. The minimum absolute atomic E-state index is 0.0622. The van der Waals surface area contributed by atoms with Crippen LogP contribution in [-0.4, -0.2) is 30.9 Å². The number of benzene rings is 1. The maximum Gasteiger partial charge on any atom is 0.389 e. The second-order valence-electron chi connectivity index (χ2n) is 4.04. The molecule has 0 amide bonds. The summed E-state index contributed by atoms with van der Waals surface area (Å²) in [7, 11) is -4.41. The first kappa shape index (κ1) is 16.7. The predicted molar refractivity (Wildman–Crippen MR) is 62.9 cm³/mol. The number of ether oxygens (including phenoxy) is 1. The van der Waals surface area contributed by atoms with Crippen molar-refractivity contribution in [3.63, 3.8) is 0 Å². The monoisotopic (exact) mass is 314 g/mol. The fraction of sp³-hybridized carbons (Fsp3) is 0.455. The number of hydrogen-bond donors (Lipinski definition) is 2. The Bertz CT molecular complexity index is 554. The van der Waals surface area contributed by atoms with Crippen molar-refractivity contribution < 1.29 is 36.0 Å². The van der Waals surface area contributed by atoms with Gasteiger partial charge in [-0.15, -0.1) is 0 Å². The molecule has 0 unspecified atom stereocenters. The van der Waals surface area contributed by atoms with Crippen LogP contribution < -0.4 is 0 Å². The predicted octanol–water partition coefficient (Wildman–Crippen LogP) is 2.50. The van der Waals surface area contributed by atoms with Gasteiger partial charge in [0, 0.05) is 18.6 Å². The fourth-order valence-electron chi connectivity index (χ4n) is 1.39. The number of phenolic OH excluding ortho intramolecular Hbond substituents is 1. The zero-order valence-electron chi connectivity index (χ0n) is 10.2. The minimum Gasteiger partial charge on any atom is -0.508 e. The van der Waals surface area contributed by atoms with Crippen molar-refractivity contribution in [1.82, 2.24) is 0 Å². The highest BCUT2D eigenvalue weighted by atomic mass is 32.2. The van der Waals surface area contributed by atoms with Gasteiger partial charge in [0.25, 0.3) is 10.1 Å². The van der Waals surface area contributed by atoms with Crippen molar-refractivity contribution in [3.05, 3.63) is 23.8 Å². The molecule has 114 valence electrons. The van der Waals surface area contributed by atoms with Gasteiger partial charge in [-0.1, -0.05) is 0 Å². The van der Waals surface area contributed by atoms with Crippen molar-refractivity contribution in [2.45, 2.75) is 30.5 Å². The van der Waals surface area contributed by atoms with E-state index in [2.05, 4.69) is 0 Å². The molecule has 0 aromatic heterocycles. The number of rotatable bonds is 6. The molecule has 0 fully saturated rings. The van der Waals surface area contributed by atoms with Crippen molar-refractivity contribution >= 4 is 10.1 Å². The number of aromatic hydroxyl groups is 1. The molecule has 1 rings (SSSR count). The first-order valence-electron chi connectivity index (χ1n) is 5.53. The number of hydrogen-bond acceptors (Lipinski definition) is 4. The normalized spacial score (nSPS) is 12.6. The average Bonchev–Trinajstić information content (AvgIpc) is 2.28. The van der Waals surface area contributed by atoms with Crippen LogP contribution in [0.15, 0.2) is 23.1 Å². The molecule has 0 spiro atoms. The molecule has 0 aliphatic heterocycles. The van der Waals surface area contributed by atoms with Crippen LogP contribution in [0.1, 0.15) is 18.4 Å². The van der Waals surface area contributed by atoms with Crippen LogP contribution in [0.4, 0.5) is 13.2 Å². The molecule has 20 heavy (non-hydrogen) atoms. The topological polar surface area (TPSA) is 83.8 Å².